The molecule has 90 valence electrons. The van der Waals surface area contributed by atoms with Crippen molar-refractivity contribution in [3.05, 3.63) is 35.0 Å². The second kappa shape index (κ2) is 4.24. The molecule has 2 rings (SSSR count). The monoisotopic (exact) mass is 231 g/mol. The number of fused-ring (bicyclic) bond motifs is 1. The molecule has 17 heavy (non-hydrogen) atoms. The second-order valence-electron chi connectivity index (χ2n) is 4.55. The number of aryl methyl sites for hydroxylation is 4. The molecule has 0 unspecified atom stereocenters. The standard InChI is InChI=1S/C14H17NO2/c1-9-4-5-12-10(2)8-15(7-6-13(16)17)14(12)11(9)3/h4-5,8H,6-7H2,1-3H3,(H,16,17). The van der Waals surface area contributed by atoms with E-state index in [2.05, 4.69) is 37.5 Å². The predicted molar refractivity (Wildman–Crippen MR) is 68.4 cm³/mol. The maximum atomic E-state index is 10.7. The quantitative estimate of drug-likeness (QED) is 0.882. The SMILES string of the molecule is Cc1ccc2c(C)cn(CCC(=O)O)c2c1C. The van der Waals surface area contributed by atoms with Crippen LogP contribution in [0.5, 0.6) is 0 Å². The lowest BCUT2D eigenvalue weighted by molar-refractivity contribution is -0.137. The summed E-state index contributed by atoms with van der Waals surface area (Å²) < 4.78 is 2.06. The van der Waals surface area contributed by atoms with Crippen molar-refractivity contribution in [1.82, 2.24) is 4.57 Å². The van der Waals surface area contributed by atoms with E-state index >= 15 is 0 Å². The lowest BCUT2D eigenvalue weighted by Crippen LogP contribution is -2.04. The molecule has 0 radical (unpaired) electrons. The van der Waals surface area contributed by atoms with Gasteiger partial charge in [-0.1, -0.05) is 12.1 Å². The summed E-state index contributed by atoms with van der Waals surface area (Å²) in [6.45, 7) is 6.77. The van der Waals surface area contributed by atoms with E-state index in [0.717, 1.165) is 0 Å². The highest BCUT2D eigenvalue weighted by atomic mass is 16.4. The molecule has 0 aliphatic rings. The van der Waals surface area contributed by atoms with Gasteiger partial charge in [0.1, 0.15) is 0 Å². The lowest BCUT2D eigenvalue weighted by Gasteiger charge is -2.08. The number of benzene rings is 1. The van der Waals surface area contributed by atoms with Crippen molar-refractivity contribution in [2.75, 3.05) is 0 Å². The van der Waals surface area contributed by atoms with Gasteiger partial charge in [0.15, 0.2) is 0 Å². The third-order valence-corrected chi connectivity index (χ3v) is 3.33. The molecule has 1 N–H and O–H groups in total. The number of aliphatic carboxylic acids is 1. The van der Waals surface area contributed by atoms with Crippen molar-refractivity contribution in [1.29, 1.82) is 0 Å². The largest absolute Gasteiger partial charge is 0.481 e. The Labute approximate surface area is 101 Å². The molecule has 0 aliphatic carbocycles. The molecule has 1 aromatic carbocycles. The Morgan fingerprint density at radius 1 is 1.24 bits per heavy atom. The molecule has 1 heterocycles. The molecular formula is C14H17NO2. The minimum absolute atomic E-state index is 0.163. The summed E-state index contributed by atoms with van der Waals surface area (Å²) in [5, 5.41) is 9.99. The van der Waals surface area contributed by atoms with Crippen LogP contribution in [0.1, 0.15) is 23.1 Å². The zero-order valence-corrected chi connectivity index (χ0v) is 10.4. The molecule has 1 aromatic heterocycles. The zero-order chi connectivity index (χ0) is 12.6. The van der Waals surface area contributed by atoms with Crippen LogP contribution in [0.25, 0.3) is 10.9 Å². The Hall–Kier alpha value is -1.77. The van der Waals surface area contributed by atoms with Gasteiger partial charge in [-0.2, -0.15) is 0 Å². The van der Waals surface area contributed by atoms with Gasteiger partial charge in [0.2, 0.25) is 0 Å². The normalized spacial score (nSPS) is 11.0. The number of carbonyl (C=O) groups is 1. The van der Waals surface area contributed by atoms with Crippen LogP contribution in [-0.2, 0) is 11.3 Å². The molecule has 0 bridgehead atoms. The van der Waals surface area contributed by atoms with Gasteiger partial charge in [-0.25, -0.2) is 0 Å². The molecule has 0 spiro atoms. The fraction of sp³-hybridized carbons (Fsp3) is 0.357. The fourth-order valence-electron chi connectivity index (χ4n) is 2.25. The predicted octanol–water partition coefficient (Wildman–Crippen LogP) is 3.04. The van der Waals surface area contributed by atoms with Crippen LogP contribution in [0.15, 0.2) is 18.3 Å². The Kier molecular flexibility index (Phi) is 2.92. The van der Waals surface area contributed by atoms with Crippen LogP contribution in [0.4, 0.5) is 0 Å². The van der Waals surface area contributed by atoms with E-state index in [4.69, 9.17) is 5.11 Å². The summed E-state index contributed by atoms with van der Waals surface area (Å²) in [7, 11) is 0. The molecule has 0 fully saturated rings. The highest BCUT2D eigenvalue weighted by Gasteiger charge is 2.10. The maximum Gasteiger partial charge on any atom is 0.305 e. The highest BCUT2D eigenvalue weighted by molar-refractivity contribution is 5.87. The van der Waals surface area contributed by atoms with E-state index in [-0.39, 0.29) is 6.42 Å². The number of hydrogen-bond donors (Lipinski definition) is 1. The van der Waals surface area contributed by atoms with E-state index in [1.54, 1.807) is 0 Å². The number of nitrogens with zero attached hydrogens (tertiary/aromatic N) is 1. The first kappa shape index (κ1) is 11.7. The van der Waals surface area contributed by atoms with E-state index in [0.29, 0.717) is 6.54 Å². The minimum atomic E-state index is -0.755. The van der Waals surface area contributed by atoms with Gasteiger partial charge in [0.25, 0.3) is 0 Å². The summed E-state index contributed by atoms with van der Waals surface area (Å²) in [5.41, 5.74) is 4.85. The summed E-state index contributed by atoms with van der Waals surface area (Å²) in [4.78, 5) is 10.7. The van der Waals surface area contributed by atoms with Gasteiger partial charge in [0, 0.05) is 18.1 Å². The number of carboxylic acid groups (broad SMARTS) is 1. The van der Waals surface area contributed by atoms with Crippen molar-refractivity contribution in [3.8, 4) is 0 Å². The molecule has 2 aromatic rings. The number of carboxylic acids is 1. The van der Waals surface area contributed by atoms with Crippen LogP contribution in [-0.4, -0.2) is 15.6 Å². The maximum absolute atomic E-state index is 10.7. The van der Waals surface area contributed by atoms with Crippen LogP contribution in [0.3, 0.4) is 0 Å². The van der Waals surface area contributed by atoms with Crippen molar-refractivity contribution in [3.63, 3.8) is 0 Å². The van der Waals surface area contributed by atoms with Gasteiger partial charge in [0.05, 0.1) is 11.9 Å². The Balaban J connectivity index is 2.55. The van der Waals surface area contributed by atoms with E-state index < -0.39 is 5.97 Å². The Morgan fingerprint density at radius 2 is 1.94 bits per heavy atom. The van der Waals surface area contributed by atoms with Gasteiger partial charge < -0.3 is 9.67 Å². The van der Waals surface area contributed by atoms with Crippen LogP contribution in [0.2, 0.25) is 0 Å². The van der Waals surface area contributed by atoms with Crippen molar-refractivity contribution >= 4 is 16.9 Å². The molecule has 0 atom stereocenters. The van der Waals surface area contributed by atoms with Gasteiger partial charge >= 0.3 is 5.97 Å². The molecule has 0 saturated carbocycles. The molecule has 0 amide bonds. The zero-order valence-electron chi connectivity index (χ0n) is 10.4. The molecule has 3 nitrogen and oxygen atoms in total. The third kappa shape index (κ3) is 2.05. The first-order valence-corrected chi connectivity index (χ1v) is 5.78. The minimum Gasteiger partial charge on any atom is -0.481 e. The van der Waals surface area contributed by atoms with E-state index in [1.165, 1.54) is 27.6 Å². The average Bonchev–Trinajstić information content (AvgIpc) is 2.58. The van der Waals surface area contributed by atoms with Crippen molar-refractivity contribution < 1.29 is 9.90 Å². The summed E-state index contributed by atoms with van der Waals surface area (Å²) in [6, 6.07) is 4.23. The average molecular weight is 231 g/mol. The number of aromatic nitrogens is 1. The molecular weight excluding hydrogens is 214 g/mol. The number of rotatable bonds is 3. The van der Waals surface area contributed by atoms with Gasteiger partial charge in [-0.3, -0.25) is 4.79 Å². The number of hydrogen-bond acceptors (Lipinski definition) is 1. The first-order chi connectivity index (χ1) is 8.00. The van der Waals surface area contributed by atoms with Crippen LogP contribution < -0.4 is 0 Å². The third-order valence-electron chi connectivity index (χ3n) is 3.33. The molecule has 0 aliphatic heterocycles. The first-order valence-electron chi connectivity index (χ1n) is 5.78. The topological polar surface area (TPSA) is 42.2 Å². The van der Waals surface area contributed by atoms with Crippen molar-refractivity contribution in [2.24, 2.45) is 0 Å². The molecule has 3 heteroatoms. The van der Waals surface area contributed by atoms with Crippen molar-refractivity contribution in [2.45, 2.75) is 33.7 Å². The van der Waals surface area contributed by atoms with E-state index in [1.807, 2.05) is 6.20 Å². The Bertz CT molecular complexity index is 581. The van der Waals surface area contributed by atoms with E-state index in [9.17, 15) is 4.79 Å². The van der Waals surface area contributed by atoms with Gasteiger partial charge in [-0.15, -0.1) is 0 Å². The lowest BCUT2D eigenvalue weighted by atomic mass is 10.1. The smallest absolute Gasteiger partial charge is 0.305 e. The highest BCUT2D eigenvalue weighted by Crippen LogP contribution is 2.26. The summed E-state index contributed by atoms with van der Waals surface area (Å²) >= 11 is 0. The van der Waals surface area contributed by atoms with Gasteiger partial charge in [-0.05, 0) is 37.5 Å². The molecule has 0 saturated heterocycles. The van der Waals surface area contributed by atoms with Crippen LogP contribution >= 0.6 is 0 Å². The summed E-state index contributed by atoms with van der Waals surface area (Å²) in [5.74, 6) is -0.755. The Morgan fingerprint density at radius 3 is 2.59 bits per heavy atom. The van der Waals surface area contributed by atoms with Crippen LogP contribution in [0, 0.1) is 20.8 Å². The summed E-state index contributed by atoms with van der Waals surface area (Å²) in [6.07, 6.45) is 2.21. The second-order valence-corrected chi connectivity index (χ2v) is 4.55. The fourth-order valence-corrected chi connectivity index (χ4v) is 2.25.